The number of rotatable bonds is 5. The molecule has 2 unspecified atom stereocenters. The molecule has 0 spiro atoms. The molecule has 43 heavy (non-hydrogen) atoms. The highest BCUT2D eigenvalue weighted by molar-refractivity contribution is 6.36. The van der Waals surface area contributed by atoms with Gasteiger partial charge in [-0.25, -0.2) is 9.78 Å². The number of carbonyl (C=O) groups excluding carboxylic acids is 1. The van der Waals surface area contributed by atoms with E-state index in [4.69, 9.17) is 16.3 Å². The highest BCUT2D eigenvalue weighted by Gasteiger charge is 2.40. The van der Waals surface area contributed by atoms with Gasteiger partial charge in [0.05, 0.1) is 27.1 Å². The number of nitriles is 1. The van der Waals surface area contributed by atoms with Gasteiger partial charge < -0.3 is 24.7 Å². The summed E-state index contributed by atoms with van der Waals surface area (Å²) in [4.78, 5) is 38.4. The van der Waals surface area contributed by atoms with Crippen molar-refractivity contribution in [3.63, 3.8) is 0 Å². The number of ketones is 1. The van der Waals surface area contributed by atoms with Crippen LogP contribution >= 0.6 is 11.6 Å². The molecule has 3 N–H and O–H groups in total. The third kappa shape index (κ3) is 5.08. The minimum Gasteiger partial charge on any atom is -0.465 e. The summed E-state index contributed by atoms with van der Waals surface area (Å²) in [5.41, 5.74) is 2.73. The Labute approximate surface area is 253 Å². The summed E-state index contributed by atoms with van der Waals surface area (Å²) in [5.74, 6) is 0.794. The molecular formula is C33H30ClN5O4. The molecule has 3 aromatic heterocycles. The maximum absolute atomic E-state index is 13.9. The minimum absolute atomic E-state index is 0.0679. The number of benzene rings is 2. The van der Waals surface area contributed by atoms with Gasteiger partial charge >= 0.3 is 6.09 Å². The normalized spacial score (nSPS) is 17.2. The molecule has 2 aromatic carbocycles. The predicted molar refractivity (Wildman–Crippen MR) is 164 cm³/mol. The van der Waals surface area contributed by atoms with E-state index in [1.807, 2.05) is 51.1 Å². The van der Waals surface area contributed by atoms with Crippen LogP contribution in [0.25, 0.3) is 21.9 Å². The molecule has 0 aliphatic carbocycles. The first-order chi connectivity index (χ1) is 20.6. The first-order valence-electron chi connectivity index (χ1n) is 14.0. The average molecular weight is 596 g/mol. The van der Waals surface area contributed by atoms with Gasteiger partial charge in [0.2, 0.25) is 0 Å². The highest BCUT2D eigenvalue weighted by atomic mass is 35.5. The van der Waals surface area contributed by atoms with Crippen LogP contribution in [0.3, 0.4) is 0 Å². The van der Waals surface area contributed by atoms with Gasteiger partial charge in [-0.2, -0.15) is 5.26 Å². The third-order valence-corrected chi connectivity index (χ3v) is 8.59. The first-order valence-corrected chi connectivity index (χ1v) is 14.4. The van der Waals surface area contributed by atoms with Crippen molar-refractivity contribution in [3.05, 3.63) is 88.3 Å². The molecule has 218 valence electrons. The molecule has 4 heterocycles. The van der Waals surface area contributed by atoms with Crippen LogP contribution in [0, 0.1) is 16.7 Å². The lowest BCUT2D eigenvalue weighted by molar-refractivity contribution is 0.0521. The minimum atomic E-state index is -0.935. The Morgan fingerprint density at radius 3 is 2.58 bits per heavy atom. The molecule has 1 amide bonds. The Kier molecular flexibility index (Phi) is 7.10. The number of hydrogen-bond donors (Lipinski definition) is 3. The van der Waals surface area contributed by atoms with Gasteiger partial charge in [0.15, 0.2) is 5.78 Å². The number of nitrogens with zero attached hydrogens (tertiary/aromatic N) is 3. The van der Waals surface area contributed by atoms with Crippen LogP contribution in [0.4, 0.5) is 4.79 Å². The Hall–Kier alpha value is -4.81. The average Bonchev–Trinajstić information content (AvgIpc) is 3.58. The van der Waals surface area contributed by atoms with Crippen molar-refractivity contribution in [1.29, 1.82) is 5.26 Å². The number of amides is 1. The molecule has 10 heteroatoms. The van der Waals surface area contributed by atoms with Crippen molar-refractivity contribution in [2.45, 2.75) is 45.6 Å². The van der Waals surface area contributed by atoms with E-state index in [2.05, 4.69) is 21.0 Å². The zero-order chi connectivity index (χ0) is 30.5. The van der Waals surface area contributed by atoms with Crippen molar-refractivity contribution in [1.82, 2.24) is 19.9 Å². The van der Waals surface area contributed by atoms with Crippen LogP contribution < -0.4 is 4.74 Å². The maximum Gasteiger partial charge on any atom is 0.407 e. The van der Waals surface area contributed by atoms with E-state index >= 15 is 0 Å². The summed E-state index contributed by atoms with van der Waals surface area (Å²) in [7, 11) is 0. The summed E-state index contributed by atoms with van der Waals surface area (Å²) >= 11 is 6.59. The van der Waals surface area contributed by atoms with Gasteiger partial charge in [-0.15, -0.1) is 0 Å². The first kappa shape index (κ1) is 28.3. The molecule has 0 saturated carbocycles. The van der Waals surface area contributed by atoms with E-state index < -0.39 is 6.09 Å². The SMILES string of the molecule is CC(C)(C)C1CC(c2[nH]c3c(cnc4[nH]cc(C(=O)c5ccc(Oc6ccccc6)cc5Cl)c43)c2C#N)CCN1C(=O)O. The molecule has 6 rings (SSSR count). The fourth-order valence-corrected chi connectivity index (χ4v) is 6.41. The van der Waals surface area contributed by atoms with Crippen LogP contribution in [0.2, 0.25) is 5.02 Å². The largest absolute Gasteiger partial charge is 0.465 e. The van der Waals surface area contributed by atoms with Crippen molar-refractivity contribution >= 4 is 45.4 Å². The number of nitrogens with one attached hydrogen (secondary N) is 2. The number of piperidine rings is 1. The summed E-state index contributed by atoms with van der Waals surface area (Å²) in [6.07, 6.45) is 3.45. The van der Waals surface area contributed by atoms with E-state index in [0.29, 0.717) is 69.5 Å². The number of aromatic amines is 2. The summed E-state index contributed by atoms with van der Waals surface area (Å²) in [6, 6.07) is 16.4. The lowest BCUT2D eigenvalue weighted by atomic mass is 9.76. The molecule has 1 aliphatic rings. The predicted octanol–water partition coefficient (Wildman–Crippen LogP) is 7.86. The zero-order valence-corrected chi connectivity index (χ0v) is 24.7. The number of para-hydroxylation sites is 1. The van der Waals surface area contributed by atoms with Crippen LogP contribution in [0.15, 0.2) is 60.9 Å². The van der Waals surface area contributed by atoms with Gasteiger partial charge in [0.1, 0.15) is 23.2 Å². The van der Waals surface area contributed by atoms with Crippen molar-refractivity contribution < 1.29 is 19.4 Å². The maximum atomic E-state index is 13.9. The Morgan fingerprint density at radius 1 is 1.14 bits per heavy atom. The van der Waals surface area contributed by atoms with E-state index in [1.165, 1.54) is 4.90 Å². The Balaban J connectivity index is 1.39. The lowest BCUT2D eigenvalue weighted by Crippen LogP contribution is -2.51. The topological polar surface area (TPSA) is 135 Å². The second kappa shape index (κ2) is 10.8. The fraction of sp³-hybridized carbons (Fsp3) is 0.273. The van der Waals surface area contributed by atoms with E-state index in [9.17, 15) is 20.0 Å². The number of likely N-dealkylation sites (tertiary alicyclic amines) is 1. The summed E-state index contributed by atoms with van der Waals surface area (Å²) < 4.78 is 5.86. The number of carbonyl (C=O) groups is 2. The van der Waals surface area contributed by atoms with Gasteiger partial charge in [0, 0.05) is 53.6 Å². The molecule has 0 bridgehead atoms. The van der Waals surface area contributed by atoms with E-state index in [1.54, 1.807) is 30.6 Å². The standard InChI is InChI=1S/C33H30ClN5O4/c1-33(2,3)26-13-18(11-12-39(26)32(41)42)28-22(15-35)23-16-36-31-27(29(23)38-28)24(17-37-31)30(40)21-10-9-20(14-25(21)34)43-19-7-5-4-6-8-19/h4-10,14,16-18,26,38H,11-13H2,1-3H3,(H,36,37)(H,41,42). The second-order valence-corrected chi connectivity index (χ2v) is 12.4. The number of ether oxygens (including phenoxy) is 1. The smallest absolute Gasteiger partial charge is 0.407 e. The molecule has 0 radical (unpaired) electrons. The molecule has 1 saturated heterocycles. The quantitative estimate of drug-likeness (QED) is 0.177. The number of hydrogen-bond acceptors (Lipinski definition) is 5. The van der Waals surface area contributed by atoms with E-state index in [0.717, 1.165) is 5.69 Å². The number of H-pyrrole nitrogens is 2. The number of halogens is 1. The molecule has 2 atom stereocenters. The molecule has 1 fully saturated rings. The highest BCUT2D eigenvalue weighted by Crippen LogP contribution is 2.42. The number of aromatic nitrogens is 3. The van der Waals surface area contributed by atoms with Crippen LogP contribution in [-0.4, -0.2) is 49.4 Å². The van der Waals surface area contributed by atoms with Crippen LogP contribution in [0.1, 0.15) is 66.7 Å². The Bertz CT molecular complexity index is 1920. The number of carboxylic acid groups (broad SMARTS) is 1. The van der Waals surface area contributed by atoms with Gasteiger partial charge in [0.25, 0.3) is 0 Å². The second-order valence-electron chi connectivity index (χ2n) is 12.0. The van der Waals surface area contributed by atoms with Crippen molar-refractivity contribution in [2.75, 3.05) is 6.54 Å². The van der Waals surface area contributed by atoms with Gasteiger partial charge in [-0.1, -0.05) is 50.6 Å². The number of pyridine rings is 1. The fourth-order valence-electron chi connectivity index (χ4n) is 6.15. The number of fused-ring (bicyclic) bond motifs is 3. The lowest BCUT2D eigenvalue weighted by Gasteiger charge is -2.44. The molecule has 5 aromatic rings. The van der Waals surface area contributed by atoms with Gasteiger partial charge in [-0.05, 0) is 42.5 Å². The molecule has 1 aliphatic heterocycles. The zero-order valence-electron chi connectivity index (χ0n) is 23.9. The van der Waals surface area contributed by atoms with Gasteiger partial charge in [-0.3, -0.25) is 4.79 Å². The Morgan fingerprint density at radius 2 is 1.91 bits per heavy atom. The molecular weight excluding hydrogens is 566 g/mol. The molecule has 9 nitrogen and oxygen atoms in total. The monoisotopic (exact) mass is 595 g/mol. The summed E-state index contributed by atoms with van der Waals surface area (Å²) in [5, 5.41) is 21.5. The summed E-state index contributed by atoms with van der Waals surface area (Å²) in [6.45, 7) is 6.46. The van der Waals surface area contributed by atoms with Crippen molar-refractivity contribution in [3.8, 4) is 17.6 Å². The van der Waals surface area contributed by atoms with E-state index in [-0.39, 0.29) is 28.2 Å². The van der Waals surface area contributed by atoms with Crippen LogP contribution in [-0.2, 0) is 0 Å². The third-order valence-electron chi connectivity index (χ3n) is 8.28. The van der Waals surface area contributed by atoms with Crippen molar-refractivity contribution in [2.24, 2.45) is 5.41 Å². The van der Waals surface area contributed by atoms with Crippen LogP contribution in [0.5, 0.6) is 11.5 Å².